The standard InChI is InChI=1S/C32H12BF24.C12H12N5O/c34-25(35,36)13-1-14(26(37,38)39)6-21(5-13)33(22-7-15(27(40,41)42)2-16(8-22)28(43,44)45,23-9-17(29(46,47)48)3-18(10-23)30(49,50)51)24-11-19(31(52,53)54)4-20(12-24)32(55,56)57;13-16-15-10-18-12-9-17(7-6-14-12)8-11-4-2-1-3-5-11/h1-12H;1-7,9H,8,10H2/q-1;+1. The summed E-state index contributed by atoms with van der Waals surface area (Å²) in [6.45, 7) is 0.681. The van der Waals surface area contributed by atoms with Crippen LogP contribution in [-0.2, 0) is 56.0 Å². The number of nitrogens with zero attached hydrogens (tertiary/aromatic N) is 5. The Hall–Kier alpha value is -7.33. The molecule has 0 saturated carbocycles. The highest BCUT2D eigenvalue weighted by Gasteiger charge is 2.47. The van der Waals surface area contributed by atoms with Gasteiger partial charge < -0.3 is 4.74 Å². The van der Waals surface area contributed by atoms with Crippen LogP contribution in [0.4, 0.5) is 105 Å². The third kappa shape index (κ3) is 14.3. The van der Waals surface area contributed by atoms with Gasteiger partial charge in [0.2, 0.25) is 6.20 Å². The molecule has 6 aromatic rings. The van der Waals surface area contributed by atoms with E-state index in [4.69, 9.17) is 10.3 Å². The Morgan fingerprint density at radius 3 is 0.973 bits per heavy atom. The summed E-state index contributed by atoms with van der Waals surface area (Å²) in [4.78, 5) is 6.63. The molecule has 75 heavy (non-hydrogen) atoms. The van der Waals surface area contributed by atoms with Gasteiger partial charge in [0.25, 0.3) is 5.88 Å². The molecule has 0 N–H and O–H groups in total. The van der Waals surface area contributed by atoms with Crippen LogP contribution in [0.15, 0.2) is 127 Å². The molecule has 402 valence electrons. The smallest absolute Gasteiger partial charge is 0.416 e. The number of hydrogen-bond donors (Lipinski definition) is 0. The van der Waals surface area contributed by atoms with Crippen molar-refractivity contribution in [2.75, 3.05) is 6.73 Å². The summed E-state index contributed by atoms with van der Waals surface area (Å²) in [5.74, 6) is 0.431. The van der Waals surface area contributed by atoms with Crippen LogP contribution < -0.4 is 31.2 Å². The SMILES string of the molecule is FC(F)(F)c1cc([B-](c2cc(C(F)(F)F)cc(C(F)(F)F)c2)(c2cc(C(F)(F)F)cc(C(F)(F)F)c2)c2cc(C(F)(F)F)cc(C(F)(F)F)c2)cc(C(F)(F)F)c1.[N-]=[N+]=NCOc1c[n+](Cc2ccccc2)ccn1. The first-order valence-electron chi connectivity index (χ1n) is 20.0. The molecule has 0 spiro atoms. The molecule has 6 nitrogen and oxygen atoms in total. The molecule has 0 fully saturated rings. The monoisotopic (exact) mass is 1110 g/mol. The molecule has 5 aromatic carbocycles. The topological polar surface area (TPSA) is 74.8 Å². The van der Waals surface area contributed by atoms with Crippen molar-refractivity contribution in [1.82, 2.24) is 4.98 Å². The maximum absolute atomic E-state index is 14.2. The van der Waals surface area contributed by atoms with E-state index < -0.39 is 195 Å². The van der Waals surface area contributed by atoms with Crippen LogP contribution >= 0.6 is 0 Å². The maximum atomic E-state index is 14.2. The normalized spacial score (nSPS) is 13.2. The van der Waals surface area contributed by atoms with E-state index in [1.165, 1.54) is 5.56 Å². The lowest BCUT2D eigenvalue weighted by Gasteiger charge is -2.46. The maximum Gasteiger partial charge on any atom is 0.416 e. The Morgan fingerprint density at radius 1 is 0.440 bits per heavy atom. The Bertz CT molecular complexity index is 2600. The van der Waals surface area contributed by atoms with Gasteiger partial charge >= 0.3 is 49.4 Å². The van der Waals surface area contributed by atoms with Crippen molar-refractivity contribution in [3.8, 4) is 5.88 Å². The molecule has 0 aliphatic carbocycles. The van der Waals surface area contributed by atoms with Crippen LogP contribution in [-0.4, -0.2) is 17.9 Å². The summed E-state index contributed by atoms with van der Waals surface area (Å²) in [5.41, 5.74) is -20.9. The molecule has 31 heteroatoms. The van der Waals surface area contributed by atoms with E-state index in [2.05, 4.69) is 15.0 Å². The van der Waals surface area contributed by atoms with Gasteiger partial charge in [0.1, 0.15) is 6.15 Å². The highest BCUT2D eigenvalue weighted by Crippen LogP contribution is 2.41. The largest absolute Gasteiger partial charge is 0.467 e. The number of benzene rings is 5. The van der Waals surface area contributed by atoms with Crippen molar-refractivity contribution >= 4 is 28.0 Å². The van der Waals surface area contributed by atoms with E-state index in [1.54, 1.807) is 12.4 Å². The fourth-order valence-electron chi connectivity index (χ4n) is 7.57. The van der Waals surface area contributed by atoms with Gasteiger partial charge in [-0.3, -0.25) is 0 Å². The molecule has 0 unspecified atom stereocenters. The van der Waals surface area contributed by atoms with Crippen LogP contribution in [0.2, 0.25) is 0 Å². The van der Waals surface area contributed by atoms with Crippen molar-refractivity contribution in [1.29, 1.82) is 0 Å². The van der Waals surface area contributed by atoms with Crippen LogP contribution in [0.25, 0.3) is 10.4 Å². The zero-order valence-electron chi connectivity index (χ0n) is 36.3. The average molecular weight is 1110 g/mol. The number of hydrogen-bond acceptors (Lipinski definition) is 3. The molecule has 1 heterocycles. The van der Waals surface area contributed by atoms with Gasteiger partial charge in [0, 0.05) is 10.5 Å². The highest BCUT2D eigenvalue weighted by molar-refractivity contribution is 7.20. The van der Waals surface area contributed by atoms with E-state index >= 15 is 0 Å². The summed E-state index contributed by atoms with van der Waals surface area (Å²) in [6.07, 6.45) is -49.5. The van der Waals surface area contributed by atoms with Crippen molar-refractivity contribution in [2.24, 2.45) is 5.11 Å². The van der Waals surface area contributed by atoms with Gasteiger partial charge in [0.15, 0.2) is 19.5 Å². The van der Waals surface area contributed by atoms with E-state index in [-0.39, 0.29) is 6.73 Å². The van der Waals surface area contributed by atoms with E-state index in [0.29, 0.717) is 5.88 Å². The fraction of sp³-hybridized carbons (Fsp3) is 0.227. The third-order valence-corrected chi connectivity index (χ3v) is 10.7. The first-order valence-corrected chi connectivity index (χ1v) is 20.0. The summed E-state index contributed by atoms with van der Waals surface area (Å²) in [5, 5.41) is 3.29. The summed E-state index contributed by atoms with van der Waals surface area (Å²) < 4.78 is 348. The molecule has 0 amide bonds. The lowest BCUT2D eigenvalue weighted by Crippen LogP contribution is -2.75. The average Bonchev–Trinajstić information content (AvgIpc) is 3.27. The second kappa shape index (κ2) is 20.8. The highest BCUT2D eigenvalue weighted by atomic mass is 19.4. The van der Waals surface area contributed by atoms with Crippen LogP contribution in [0.3, 0.4) is 0 Å². The van der Waals surface area contributed by atoms with Gasteiger partial charge in [-0.25, -0.2) is 4.98 Å². The molecule has 6 rings (SSSR count). The molecular weight excluding hydrogens is 1080 g/mol. The number of aromatic nitrogens is 2. The summed E-state index contributed by atoms with van der Waals surface area (Å²) in [7, 11) is 0. The van der Waals surface area contributed by atoms with E-state index in [1.807, 2.05) is 41.1 Å². The van der Waals surface area contributed by atoms with Crippen LogP contribution in [0.1, 0.15) is 50.1 Å². The van der Waals surface area contributed by atoms with Crippen molar-refractivity contribution < 1.29 is 115 Å². The Kier molecular flexibility index (Phi) is 16.2. The zero-order valence-corrected chi connectivity index (χ0v) is 36.3. The van der Waals surface area contributed by atoms with Gasteiger partial charge in [0.05, 0.1) is 50.7 Å². The first-order chi connectivity index (χ1) is 34.1. The molecule has 1 aromatic heterocycles. The lowest BCUT2D eigenvalue weighted by atomic mass is 9.12. The fourth-order valence-corrected chi connectivity index (χ4v) is 7.57. The number of ether oxygens (including phenoxy) is 1. The van der Waals surface area contributed by atoms with Crippen molar-refractivity contribution in [3.05, 3.63) is 182 Å². The molecule has 0 radical (unpaired) electrons. The minimum Gasteiger partial charge on any atom is -0.467 e. The predicted octanol–water partition coefficient (Wildman–Crippen LogP) is 13.3. The first kappa shape index (κ1) is 58.6. The molecule has 0 aliphatic heterocycles. The van der Waals surface area contributed by atoms with Crippen molar-refractivity contribution in [2.45, 2.75) is 56.0 Å². The van der Waals surface area contributed by atoms with Gasteiger partial charge in [-0.15, -0.1) is 0 Å². The zero-order chi connectivity index (χ0) is 56.5. The molecular formula is C44H24BF24N5O. The van der Waals surface area contributed by atoms with Gasteiger partial charge in [-0.05, 0) is 29.8 Å². The minimum atomic E-state index is -6.13. The molecule has 0 saturated heterocycles. The Labute approximate surface area is 403 Å². The number of alkyl halides is 24. The molecule has 0 atom stereocenters. The van der Waals surface area contributed by atoms with Crippen LogP contribution in [0.5, 0.6) is 5.88 Å². The Morgan fingerprint density at radius 2 is 0.720 bits per heavy atom. The predicted molar refractivity (Wildman–Crippen MR) is 215 cm³/mol. The summed E-state index contributed by atoms with van der Waals surface area (Å²) >= 11 is 0. The van der Waals surface area contributed by atoms with Crippen molar-refractivity contribution in [3.63, 3.8) is 0 Å². The van der Waals surface area contributed by atoms with Gasteiger partial charge in [-0.1, -0.05) is 84.0 Å². The third-order valence-electron chi connectivity index (χ3n) is 10.7. The molecule has 0 aliphatic rings. The van der Waals surface area contributed by atoms with E-state index in [0.717, 1.165) is 6.54 Å². The number of halogens is 24. The van der Waals surface area contributed by atoms with Crippen LogP contribution in [0, 0.1) is 0 Å². The minimum absolute atomic E-state index is 0.0567. The molecule has 0 bridgehead atoms. The number of rotatable bonds is 9. The lowest BCUT2D eigenvalue weighted by molar-refractivity contribution is -0.689. The van der Waals surface area contributed by atoms with Gasteiger partial charge in [-0.2, -0.15) is 132 Å². The summed E-state index contributed by atoms with van der Waals surface area (Å²) in [6, 6.07) is 1.26. The number of azide groups is 1. The second-order valence-electron chi connectivity index (χ2n) is 15.8. The van der Waals surface area contributed by atoms with E-state index in [9.17, 15) is 105 Å². The quantitative estimate of drug-likeness (QED) is 0.0361. The second-order valence-corrected chi connectivity index (χ2v) is 15.8. The Balaban J connectivity index is 0.000000483.